The highest BCUT2D eigenvalue weighted by atomic mass is 32.1. The van der Waals surface area contributed by atoms with E-state index < -0.39 is 5.60 Å². The predicted molar refractivity (Wildman–Crippen MR) is 250 cm³/mol. The van der Waals surface area contributed by atoms with E-state index in [0.717, 1.165) is 96.0 Å². The monoisotopic (exact) mass is 882 g/mol. The number of nitrogens with zero attached hydrogens (tertiary/aromatic N) is 9. The van der Waals surface area contributed by atoms with E-state index >= 15 is 0 Å². The van der Waals surface area contributed by atoms with Crippen LogP contribution in [0.5, 0.6) is 0 Å². The summed E-state index contributed by atoms with van der Waals surface area (Å²) in [5.41, 5.74) is 14.8. The Morgan fingerprint density at radius 2 is 1.30 bits per heavy atom. The first-order chi connectivity index (χ1) is 30.5. The molecule has 17 heteroatoms. The van der Waals surface area contributed by atoms with Gasteiger partial charge in [-0.2, -0.15) is 0 Å². The fourth-order valence-corrected chi connectivity index (χ4v) is 9.42. The number of amides is 2. The second-order valence-corrected chi connectivity index (χ2v) is 18.3. The Morgan fingerprint density at radius 1 is 0.730 bits per heavy atom. The van der Waals surface area contributed by atoms with Crippen LogP contribution in [0.25, 0.3) is 43.5 Å². The molecule has 2 aliphatic rings. The topological polar surface area (TPSA) is 164 Å². The molecule has 2 saturated heterocycles. The molecule has 4 N–H and O–H groups in total. The largest absolute Gasteiger partial charge is 0.444 e. The molecule has 0 radical (unpaired) electrons. The van der Waals surface area contributed by atoms with Crippen molar-refractivity contribution in [3.63, 3.8) is 0 Å². The highest BCUT2D eigenvalue weighted by Crippen LogP contribution is 2.31. The van der Waals surface area contributed by atoms with E-state index in [0.29, 0.717) is 24.3 Å². The molecule has 63 heavy (non-hydrogen) atoms. The number of nitrogen functional groups attached to an aromatic ring is 1. The third kappa shape index (κ3) is 9.72. The molecule has 7 heterocycles. The summed E-state index contributed by atoms with van der Waals surface area (Å²) in [7, 11) is 0. The van der Waals surface area contributed by atoms with Gasteiger partial charge in [0.15, 0.2) is 9.92 Å². The highest BCUT2D eigenvalue weighted by molar-refractivity contribution is 7.15. The molecule has 15 nitrogen and oxygen atoms in total. The van der Waals surface area contributed by atoms with Crippen LogP contribution in [0, 0.1) is 0 Å². The number of para-hydroxylation sites is 4. The number of hydrogen-bond donors (Lipinski definition) is 3. The van der Waals surface area contributed by atoms with Crippen molar-refractivity contribution in [1.29, 1.82) is 0 Å². The number of rotatable bonds is 8. The van der Waals surface area contributed by atoms with Crippen molar-refractivity contribution in [2.45, 2.75) is 39.5 Å². The number of ether oxygens (including phenoxy) is 1. The maximum atomic E-state index is 13.0. The minimum atomic E-state index is -0.461. The van der Waals surface area contributed by atoms with Crippen LogP contribution in [0.15, 0.2) is 102 Å². The summed E-state index contributed by atoms with van der Waals surface area (Å²) in [5.74, 6) is -0.300. The van der Waals surface area contributed by atoms with Gasteiger partial charge in [-0.05, 0) is 45.0 Å². The summed E-state index contributed by atoms with van der Waals surface area (Å²) in [6.07, 6.45) is 5.40. The number of carbonyl (C=O) groups is 2. The fraction of sp³-hybridized carbons (Fsp3) is 0.304. The minimum absolute atomic E-state index is 0.227. The van der Waals surface area contributed by atoms with Gasteiger partial charge in [0.1, 0.15) is 11.3 Å². The molecule has 0 spiro atoms. The molecule has 2 aliphatic heterocycles. The van der Waals surface area contributed by atoms with Crippen LogP contribution in [-0.2, 0) is 17.8 Å². The predicted octanol–water partition coefficient (Wildman–Crippen LogP) is 7.36. The lowest BCUT2D eigenvalue weighted by Gasteiger charge is -2.35. The smallest absolute Gasteiger partial charge is 0.410 e. The molecule has 0 aliphatic carbocycles. The number of nitrogens with two attached hydrogens (primary N) is 1. The van der Waals surface area contributed by atoms with Gasteiger partial charge in [0, 0.05) is 117 Å². The van der Waals surface area contributed by atoms with E-state index in [-0.39, 0.29) is 17.7 Å². The first-order valence-electron chi connectivity index (χ1n) is 21.1. The number of carbonyl (C=O) groups excluding carboxylic acids is 2. The maximum Gasteiger partial charge on any atom is 0.410 e. The average Bonchev–Trinajstić information content (AvgIpc) is 4.08. The number of benzene rings is 3. The van der Waals surface area contributed by atoms with Crippen LogP contribution in [0.3, 0.4) is 0 Å². The first-order valence-corrected chi connectivity index (χ1v) is 22.8. The highest BCUT2D eigenvalue weighted by Gasteiger charge is 2.26. The lowest BCUT2D eigenvalue weighted by atomic mass is 10.1. The number of hydrogen-bond acceptors (Lipinski definition) is 13. The van der Waals surface area contributed by atoms with Gasteiger partial charge < -0.3 is 26.0 Å². The van der Waals surface area contributed by atoms with E-state index in [2.05, 4.69) is 62.4 Å². The molecule has 8 aromatic rings. The van der Waals surface area contributed by atoms with E-state index in [1.807, 2.05) is 93.6 Å². The standard InChI is InChI=1S/C25H23N7OS.C21H27N5O2S/c33-24(22-13-27-20-7-3-4-8-21(20)28-22)29-19-6-2-1-5-18(19)23-15-32-17(16-34-25(32)30-23)14-31-11-9-26-10-12-31;1-21(2,3)28-20(27)25-10-8-24(9-11-25)12-15-14-29-19-23-18(13-26(15)19)16-6-4-5-7-17(16)22/h1-8,13,15-16,26H,9-12,14H2,(H,29,33);4-7,13-14H,8-12,22H2,1-3H3. The van der Waals surface area contributed by atoms with Gasteiger partial charge in [0.05, 0.1) is 34.3 Å². The summed E-state index contributed by atoms with van der Waals surface area (Å²) in [6, 6.07) is 23.0. The van der Waals surface area contributed by atoms with Crippen LogP contribution >= 0.6 is 22.7 Å². The number of nitrogens with one attached hydrogen (secondary N) is 2. The van der Waals surface area contributed by atoms with E-state index in [9.17, 15) is 9.59 Å². The zero-order valence-electron chi connectivity index (χ0n) is 35.5. The van der Waals surface area contributed by atoms with Gasteiger partial charge in [-0.3, -0.25) is 28.4 Å². The normalized spacial score (nSPS) is 15.1. The molecular weight excluding hydrogens is 833 g/mol. The van der Waals surface area contributed by atoms with Crippen LogP contribution < -0.4 is 16.4 Å². The van der Waals surface area contributed by atoms with Crippen LogP contribution in [0.1, 0.15) is 42.6 Å². The number of fused-ring (bicyclic) bond motifs is 3. The molecule has 0 unspecified atom stereocenters. The number of anilines is 2. The molecule has 3 aromatic carbocycles. The molecule has 0 saturated carbocycles. The molecule has 5 aromatic heterocycles. The Kier molecular flexibility index (Phi) is 12.2. The number of piperazine rings is 2. The third-order valence-electron chi connectivity index (χ3n) is 10.9. The summed E-state index contributed by atoms with van der Waals surface area (Å²) >= 11 is 3.28. The summed E-state index contributed by atoms with van der Waals surface area (Å²) < 4.78 is 9.79. The van der Waals surface area contributed by atoms with Crippen molar-refractivity contribution in [2.24, 2.45) is 0 Å². The van der Waals surface area contributed by atoms with Crippen molar-refractivity contribution in [2.75, 3.05) is 63.4 Å². The third-order valence-corrected chi connectivity index (χ3v) is 12.7. The second-order valence-electron chi connectivity index (χ2n) is 16.6. The molecule has 2 amide bonds. The van der Waals surface area contributed by atoms with Crippen molar-refractivity contribution in [3.05, 3.63) is 119 Å². The molecule has 324 valence electrons. The van der Waals surface area contributed by atoms with Gasteiger partial charge in [-0.15, -0.1) is 22.7 Å². The Labute approximate surface area is 373 Å². The Bertz CT molecular complexity index is 2880. The summed E-state index contributed by atoms with van der Waals surface area (Å²) in [4.78, 5) is 52.2. The Balaban J connectivity index is 0.000000162. The molecular formula is C46H50N12O3S2. The Hall–Kier alpha value is -6.24. The number of thiazole rings is 2. The van der Waals surface area contributed by atoms with Crippen molar-refractivity contribution >= 4 is 67.0 Å². The number of imidazole rings is 2. The molecule has 2 fully saturated rings. The second kappa shape index (κ2) is 18.2. The van der Waals surface area contributed by atoms with E-state index in [4.69, 9.17) is 20.4 Å². The average molecular weight is 883 g/mol. The Morgan fingerprint density at radius 3 is 1.95 bits per heavy atom. The zero-order chi connectivity index (χ0) is 43.5. The van der Waals surface area contributed by atoms with Crippen LogP contribution in [0.2, 0.25) is 0 Å². The van der Waals surface area contributed by atoms with Crippen molar-refractivity contribution < 1.29 is 14.3 Å². The maximum absolute atomic E-state index is 13.0. The van der Waals surface area contributed by atoms with Gasteiger partial charge in [-0.25, -0.2) is 19.7 Å². The van der Waals surface area contributed by atoms with Crippen LogP contribution in [0.4, 0.5) is 16.2 Å². The number of aromatic nitrogens is 6. The van der Waals surface area contributed by atoms with Gasteiger partial charge in [0.2, 0.25) is 0 Å². The summed E-state index contributed by atoms with van der Waals surface area (Å²) in [5, 5.41) is 10.7. The van der Waals surface area contributed by atoms with Gasteiger partial charge >= 0.3 is 6.09 Å². The lowest BCUT2D eigenvalue weighted by molar-refractivity contribution is 0.0138. The SMILES string of the molecule is CC(C)(C)OC(=O)N1CCN(Cc2csc3nc(-c4ccccc4N)cn23)CC1.O=C(Nc1ccccc1-c1cn2c(CN3CCNCC3)csc2n1)c1cnc2ccccc2n1. The molecule has 0 bridgehead atoms. The minimum Gasteiger partial charge on any atom is -0.444 e. The molecule has 10 rings (SSSR count). The fourth-order valence-electron chi connectivity index (χ4n) is 7.69. The summed E-state index contributed by atoms with van der Waals surface area (Å²) in [6.45, 7) is 14.6. The quantitative estimate of drug-likeness (QED) is 0.131. The lowest BCUT2D eigenvalue weighted by Crippen LogP contribution is -2.49. The first kappa shape index (κ1) is 42.1. The van der Waals surface area contributed by atoms with E-state index in [1.165, 1.54) is 17.6 Å². The van der Waals surface area contributed by atoms with Crippen molar-refractivity contribution in [3.8, 4) is 22.5 Å². The van der Waals surface area contributed by atoms with Gasteiger partial charge in [0.25, 0.3) is 5.91 Å². The van der Waals surface area contributed by atoms with Gasteiger partial charge in [-0.1, -0.05) is 48.5 Å². The van der Waals surface area contributed by atoms with E-state index in [1.54, 1.807) is 27.6 Å². The van der Waals surface area contributed by atoms with Crippen LogP contribution in [-0.4, -0.2) is 113 Å². The van der Waals surface area contributed by atoms with Crippen molar-refractivity contribution in [1.82, 2.24) is 48.8 Å². The zero-order valence-corrected chi connectivity index (χ0v) is 37.2. The molecule has 0 atom stereocenters.